The number of nitro benzene ring substituents is 1. The summed E-state index contributed by atoms with van der Waals surface area (Å²) in [6.07, 6.45) is 0.648. The Hall–Kier alpha value is -2.02. The Morgan fingerprint density at radius 3 is 2.84 bits per heavy atom. The molecule has 7 heteroatoms. The Morgan fingerprint density at radius 2 is 2.26 bits per heavy atom. The van der Waals surface area contributed by atoms with E-state index in [1.54, 1.807) is 0 Å². The van der Waals surface area contributed by atoms with Gasteiger partial charge in [-0.05, 0) is 25.5 Å². The summed E-state index contributed by atoms with van der Waals surface area (Å²) in [4.78, 5) is 21.2. The number of benzene rings is 1. The fourth-order valence-corrected chi connectivity index (χ4v) is 1.42. The van der Waals surface area contributed by atoms with E-state index in [1.807, 2.05) is 6.92 Å². The first-order chi connectivity index (χ1) is 9.06. The standard InChI is InChI=1S/C12H15FN2O4/c1-2-19-7-3-6-14-12(16)9-4-5-11(15(17)18)10(13)8-9/h4-5,8H,2-3,6-7H2,1H3,(H,14,16). The van der Waals surface area contributed by atoms with Crippen LogP contribution in [0.4, 0.5) is 10.1 Å². The molecule has 1 rings (SSSR count). The molecule has 1 aromatic rings. The zero-order valence-electron chi connectivity index (χ0n) is 10.5. The summed E-state index contributed by atoms with van der Waals surface area (Å²) in [6.45, 7) is 3.42. The Balaban J connectivity index is 2.53. The van der Waals surface area contributed by atoms with Crippen LogP contribution in [0.3, 0.4) is 0 Å². The van der Waals surface area contributed by atoms with Crippen molar-refractivity contribution in [2.75, 3.05) is 19.8 Å². The van der Waals surface area contributed by atoms with Gasteiger partial charge < -0.3 is 10.1 Å². The molecule has 104 valence electrons. The minimum absolute atomic E-state index is 0.0551. The van der Waals surface area contributed by atoms with Crippen molar-refractivity contribution in [3.05, 3.63) is 39.7 Å². The number of ether oxygens (including phenoxy) is 1. The minimum Gasteiger partial charge on any atom is -0.382 e. The Labute approximate surface area is 109 Å². The summed E-state index contributed by atoms with van der Waals surface area (Å²) in [6, 6.07) is 3.06. The zero-order valence-corrected chi connectivity index (χ0v) is 10.5. The molecule has 0 atom stereocenters. The molecule has 0 aliphatic heterocycles. The van der Waals surface area contributed by atoms with E-state index in [9.17, 15) is 19.3 Å². The number of hydrogen-bond donors (Lipinski definition) is 1. The lowest BCUT2D eigenvalue weighted by molar-refractivity contribution is -0.387. The molecule has 1 amide bonds. The van der Waals surface area contributed by atoms with Crippen LogP contribution in [0.5, 0.6) is 0 Å². The quantitative estimate of drug-likeness (QED) is 0.466. The van der Waals surface area contributed by atoms with Crippen molar-refractivity contribution in [3.8, 4) is 0 Å². The molecule has 0 radical (unpaired) electrons. The van der Waals surface area contributed by atoms with Gasteiger partial charge in [-0.3, -0.25) is 14.9 Å². The van der Waals surface area contributed by atoms with E-state index in [1.165, 1.54) is 6.07 Å². The fourth-order valence-electron chi connectivity index (χ4n) is 1.42. The summed E-state index contributed by atoms with van der Waals surface area (Å²) in [5.41, 5.74) is -0.590. The number of nitrogens with one attached hydrogen (secondary N) is 1. The van der Waals surface area contributed by atoms with E-state index in [4.69, 9.17) is 4.74 Å². The van der Waals surface area contributed by atoms with E-state index in [0.29, 0.717) is 26.2 Å². The van der Waals surface area contributed by atoms with E-state index in [0.717, 1.165) is 12.1 Å². The van der Waals surface area contributed by atoms with Crippen molar-refractivity contribution in [2.45, 2.75) is 13.3 Å². The average molecular weight is 270 g/mol. The maximum atomic E-state index is 13.3. The Kier molecular flexibility index (Phi) is 5.87. The predicted octanol–water partition coefficient (Wildman–Crippen LogP) is 1.89. The summed E-state index contributed by atoms with van der Waals surface area (Å²) < 4.78 is 18.4. The van der Waals surface area contributed by atoms with Crippen LogP contribution >= 0.6 is 0 Å². The number of nitrogens with zero attached hydrogens (tertiary/aromatic N) is 1. The lowest BCUT2D eigenvalue weighted by Crippen LogP contribution is -2.25. The zero-order chi connectivity index (χ0) is 14.3. The van der Waals surface area contributed by atoms with Gasteiger partial charge in [0.15, 0.2) is 0 Å². The lowest BCUT2D eigenvalue weighted by Gasteiger charge is -2.05. The molecule has 0 unspecified atom stereocenters. The maximum absolute atomic E-state index is 13.3. The first-order valence-corrected chi connectivity index (χ1v) is 5.86. The highest BCUT2D eigenvalue weighted by Gasteiger charge is 2.16. The summed E-state index contributed by atoms with van der Waals surface area (Å²) in [5.74, 6) is -1.49. The number of carbonyl (C=O) groups excluding carboxylic acids is 1. The number of nitro groups is 1. The lowest BCUT2D eigenvalue weighted by atomic mass is 10.2. The van der Waals surface area contributed by atoms with Crippen molar-refractivity contribution in [3.63, 3.8) is 0 Å². The van der Waals surface area contributed by atoms with Crippen LogP contribution < -0.4 is 5.32 Å². The molecule has 0 aliphatic carbocycles. The average Bonchev–Trinajstić information content (AvgIpc) is 2.37. The predicted molar refractivity (Wildman–Crippen MR) is 66.5 cm³/mol. The minimum atomic E-state index is -1.02. The highest BCUT2D eigenvalue weighted by atomic mass is 19.1. The summed E-state index contributed by atoms with van der Waals surface area (Å²) in [5, 5.41) is 13.0. The molecule has 0 saturated heterocycles. The highest BCUT2D eigenvalue weighted by Crippen LogP contribution is 2.17. The molecule has 1 N–H and O–H groups in total. The van der Waals surface area contributed by atoms with Crippen molar-refractivity contribution in [1.82, 2.24) is 5.32 Å². The van der Waals surface area contributed by atoms with Gasteiger partial charge in [-0.1, -0.05) is 0 Å². The first-order valence-electron chi connectivity index (χ1n) is 5.86. The normalized spacial score (nSPS) is 10.2. The van der Waals surface area contributed by atoms with Crippen LogP contribution in [-0.4, -0.2) is 30.6 Å². The van der Waals surface area contributed by atoms with Crippen LogP contribution in [0.25, 0.3) is 0 Å². The van der Waals surface area contributed by atoms with Crippen molar-refractivity contribution < 1.29 is 18.8 Å². The van der Waals surface area contributed by atoms with E-state index < -0.39 is 22.3 Å². The number of amides is 1. The van der Waals surface area contributed by atoms with Gasteiger partial charge >= 0.3 is 5.69 Å². The molecule has 19 heavy (non-hydrogen) atoms. The topological polar surface area (TPSA) is 81.5 Å². The molecule has 1 aromatic carbocycles. The number of halogens is 1. The van der Waals surface area contributed by atoms with Crippen molar-refractivity contribution in [2.24, 2.45) is 0 Å². The van der Waals surface area contributed by atoms with Gasteiger partial charge in [0.2, 0.25) is 5.82 Å². The molecule has 0 heterocycles. The van der Waals surface area contributed by atoms with E-state index >= 15 is 0 Å². The largest absolute Gasteiger partial charge is 0.382 e. The van der Waals surface area contributed by atoms with Crippen molar-refractivity contribution >= 4 is 11.6 Å². The van der Waals surface area contributed by atoms with Crippen LogP contribution in [0.2, 0.25) is 0 Å². The number of carbonyl (C=O) groups is 1. The third-order valence-corrected chi connectivity index (χ3v) is 2.36. The van der Waals surface area contributed by atoms with Gasteiger partial charge in [-0.2, -0.15) is 4.39 Å². The summed E-state index contributed by atoms with van der Waals surface area (Å²) in [7, 11) is 0. The molecular weight excluding hydrogens is 255 g/mol. The van der Waals surface area contributed by atoms with E-state index in [-0.39, 0.29) is 5.56 Å². The second-order valence-electron chi connectivity index (χ2n) is 3.73. The van der Waals surface area contributed by atoms with Crippen LogP contribution in [0.15, 0.2) is 18.2 Å². The number of hydrogen-bond acceptors (Lipinski definition) is 4. The monoisotopic (exact) mass is 270 g/mol. The molecule has 6 nitrogen and oxygen atoms in total. The maximum Gasteiger partial charge on any atom is 0.304 e. The Bertz CT molecular complexity index is 465. The van der Waals surface area contributed by atoms with Crippen LogP contribution in [-0.2, 0) is 4.74 Å². The molecular formula is C12H15FN2O4. The molecule has 0 bridgehead atoms. The second-order valence-corrected chi connectivity index (χ2v) is 3.73. The highest BCUT2D eigenvalue weighted by molar-refractivity contribution is 5.94. The molecule has 0 aromatic heterocycles. The summed E-state index contributed by atoms with van der Waals surface area (Å²) >= 11 is 0. The second kappa shape index (κ2) is 7.42. The molecule has 0 saturated carbocycles. The van der Waals surface area contributed by atoms with Gasteiger partial charge in [-0.15, -0.1) is 0 Å². The van der Waals surface area contributed by atoms with Gasteiger partial charge in [0.1, 0.15) is 0 Å². The fraction of sp³-hybridized carbons (Fsp3) is 0.417. The molecule has 0 aliphatic rings. The van der Waals surface area contributed by atoms with Crippen molar-refractivity contribution in [1.29, 1.82) is 0 Å². The molecule has 0 fully saturated rings. The number of rotatable bonds is 7. The van der Waals surface area contributed by atoms with E-state index in [2.05, 4.69) is 5.32 Å². The SMILES string of the molecule is CCOCCCNC(=O)c1ccc([N+](=O)[O-])c(F)c1. The smallest absolute Gasteiger partial charge is 0.304 e. The van der Waals surface area contributed by atoms with Gasteiger partial charge in [0, 0.05) is 31.4 Å². The molecule has 0 spiro atoms. The van der Waals surface area contributed by atoms with Gasteiger partial charge in [0.25, 0.3) is 5.91 Å². The Morgan fingerprint density at radius 1 is 1.53 bits per heavy atom. The van der Waals surface area contributed by atoms with Gasteiger partial charge in [0.05, 0.1) is 4.92 Å². The third kappa shape index (κ3) is 4.63. The third-order valence-electron chi connectivity index (χ3n) is 2.36. The van der Waals surface area contributed by atoms with Crippen LogP contribution in [0.1, 0.15) is 23.7 Å². The first kappa shape index (κ1) is 15.0. The van der Waals surface area contributed by atoms with Gasteiger partial charge in [-0.25, -0.2) is 0 Å². The van der Waals surface area contributed by atoms with Crippen LogP contribution in [0, 0.1) is 15.9 Å².